The van der Waals surface area contributed by atoms with Crippen LogP contribution >= 0.6 is 24.0 Å². The summed E-state index contributed by atoms with van der Waals surface area (Å²) in [6, 6.07) is 6.17. The van der Waals surface area contributed by atoms with Crippen LogP contribution in [-0.4, -0.2) is 5.11 Å². The molecule has 0 saturated heterocycles. The smallest absolute Gasteiger partial charge is 0.0692 e. The van der Waals surface area contributed by atoms with Crippen molar-refractivity contribution in [1.82, 2.24) is 0 Å². The van der Waals surface area contributed by atoms with Gasteiger partial charge in [-0.1, -0.05) is 13.0 Å². The highest BCUT2D eigenvalue weighted by molar-refractivity contribution is 7.80. The Hall–Kier alpha value is -0.510. The van der Waals surface area contributed by atoms with Gasteiger partial charge in [0.1, 0.15) is 0 Å². The minimum atomic E-state index is 0.0616. The molecule has 0 aliphatic rings. The van der Waals surface area contributed by atoms with Gasteiger partial charge in [0.05, 0.1) is 6.61 Å². The highest BCUT2D eigenvalue weighted by atomic mass is 32.1. The molecule has 0 amide bonds. The van der Waals surface area contributed by atoms with Gasteiger partial charge in [0, 0.05) is 19.9 Å². The summed E-state index contributed by atoms with van der Waals surface area (Å²) in [5.74, 6) is 0. The van der Waals surface area contributed by atoms with Crippen LogP contribution in [0.1, 0.15) is 17.4 Å². The molecule has 74 valence electrons. The third-order valence-corrected chi connectivity index (χ3v) is 4.10. The lowest BCUT2D eigenvalue weighted by atomic mass is 10.1. The molecule has 0 fully saturated rings. The maximum absolute atomic E-state index is 9.10. The number of thiol groups is 1. The van der Waals surface area contributed by atoms with Crippen LogP contribution in [0.2, 0.25) is 0 Å². The summed E-state index contributed by atoms with van der Waals surface area (Å²) in [7, 11) is 0. The van der Waals surface area contributed by atoms with E-state index >= 15 is 0 Å². The number of aliphatic hydroxyl groups excluding tert-OH is 1. The topological polar surface area (TPSA) is 20.2 Å². The molecule has 1 aromatic carbocycles. The van der Waals surface area contributed by atoms with E-state index in [1.54, 1.807) is 11.3 Å². The number of aliphatic hydroxyl groups is 1. The monoisotopic (exact) mass is 224 g/mol. The van der Waals surface area contributed by atoms with Crippen molar-refractivity contribution in [3.8, 4) is 0 Å². The maximum Gasteiger partial charge on any atom is 0.0692 e. The largest absolute Gasteiger partial charge is 0.392 e. The van der Waals surface area contributed by atoms with Crippen molar-refractivity contribution in [3.05, 3.63) is 28.6 Å². The number of aryl methyl sites for hydroxylation is 1. The molecule has 3 heteroatoms. The van der Waals surface area contributed by atoms with Gasteiger partial charge < -0.3 is 5.11 Å². The summed E-state index contributed by atoms with van der Waals surface area (Å²) in [5.41, 5.74) is 0.904. The average molecular weight is 224 g/mol. The second-order valence-corrected chi connectivity index (χ2v) is 4.83. The van der Waals surface area contributed by atoms with Crippen molar-refractivity contribution in [1.29, 1.82) is 0 Å². The lowest BCUT2D eigenvalue weighted by Gasteiger charge is -2.01. The van der Waals surface area contributed by atoms with Crippen LogP contribution < -0.4 is 0 Å². The van der Waals surface area contributed by atoms with E-state index in [1.807, 2.05) is 6.07 Å². The number of fused-ring (bicyclic) bond motifs is 1. The maximum atomic E-state index is 9.10. The Labute approximate surface area is 92.8 Å². The first-order chi connectivity index (χ1) is 6.76. The first kappa shape index (κ1) is 10.0. The lowest BCUT2D eigenvalue weighted by Crippen LogP contribution is -1.84. The zero-order valence-electron chi connectivity index (χ0n) is 7.95. The van der Waals surface area contributed by atoms with Crippen LogP contribution in [0.4, 0.5) is 0 Å². The van der Waals surface area contributed by atoms with Gasteiger partial charge in [0.25, 0.3) is 0 Å². The molecular formula is C11H12OS2. The molecule has 1 nitrogen and oxygen atoms in total. The van der Waals surface area contributed by atoms with Gasteiger partial charge >= 0.3 is 0 Å². The Kier molecular flexibility index (Phi) is 2.81. The summed E-state index contributed by atoms with van der Waals surface area (Å²) < 4.78 is 1.25. The molecule has 0 saturated carbocycles. The van der Waals surface area contributed by atoms with E-state index in [-0.39, 0.29) is 6.61 Å². The fourth-order valence-corrected chi connectivity index (χ4v) is 2.91. The van der Waals surface area contributed by atoms with Crippen LogP contribution in [-0.2, 0) is 13.0 Å². The van der Waals surface area contributed by atoms with Gasteiger partial charge in [-0.2, -0.15) is 0 Å². The van der Waals surface area contributed by atoms with Crippen molar-refractivity contribution in [2.24, 2.45) is 0 Å². The van der Waals surface area contributed by atoms with Gasteiger partial charge in [-0.15, -0.1) is 24.0 Å². The molecule has 2 aromatic rings. The molecule has 2 rings (SSSR count). The standard InChI is InChI=1S/C11H12OS2/c1-2-8-5-9-10(14-8)4-3-7(6-12)11(9)13/h3-5,12-13H,2,6H2,1H3. The summed E-state index contributed by atoms with van der Waals surface area (Å²) >= 11 is 6.24. The highest BCUT2D eigenvalue weighted by Gasteiger charge is 2.06. The van der Waals surface area contributed by atoms with Gasteiger partial charge in [-0.3, -0.25) is 0 Å². The number of rotatable bonds is 2. The second kappa shape index (κ2) is 3.93. The molecule has 1 N–H and O–H groups in total. The molecule has 1 heterocycles. The molecule has 0 aliphatic carbocycles. The van der Waals surface area contributed by atoms with Crippen molar-refractivity contribution < 1.29 is 5.11 Å². The Balaban J connectivity index is 2.68. The number of thiophene rings is 1. The van der Waals surface area contributed by atoms with Crippen LogP contribution in [0.25, 0.3) is 10.1 Å². The molecule has 0 unspecified atom stereocenters. The lowest BCUT2D eigenvalue weighted by molar-refractivity contribution is 0.279. The average Bonchev–Trinajstić information content (AvgIpc) is 2.62. The quantitative estimate of drug-likeness (QED) is 0.750. The number of benzene rings is 1. The first-order valence-electron chi connectivity index (χ1n) is 4.60. The normalized spacial score (nSPS) is 11.1. The Morgan fingerprint density at radius 1 is 1.43 bits per heavy atom. The molecule has 0 atom stereocenters. The van der Waals surface area contributed by atoms with Gasteiger partial charge in [-0.25, -0.2) is 0 Å². The van der Waals surface area contributed by atoms with Crippen LogP contribution in [0.3, 0.4) is 0 Å². The van der Waals surface area contributed by atoms with Gasteiger partial charge in [0.15, 0.2) is 0 Å². The van der Waals surface area contributed by atoms with Crippen LogP contribution in [0.5, 0.6) is 0 Å². The van der Waals surface area contributed by atoms with Crippen molar-refractivity contribution in [2.75, 3.05) is 0 Å². The third kappa shape index (κ3) is 1.56. The van der Waals surface area contributed by atoms with Crippen molar-refractivity contribution >= 4 is 34.1 Å². The molecule has 14 heavy (non-hydrogen) atoms. The van der Waals surface area contributed by atoms with E-state index in [0.29, 0.717) is 0 Å². The number of hydrogen-bond acceptors (Lipinski definition) is 3. The molecule has 0 radical (unpaired) electrons. The van der Waals surface area contributed by atoms with E-state index in [0.717, 1.165) is 16.9 Å². The molecular weight excluding hydrogens is 212 g/mol. The summed E-state index contributed by atoms with van der Waals surface area (Å²) in [5, 5.41) is 10.3. The Bertz CT molecular complexity index is 460. The van der Waals surface area contributed by atoms with E-state index in [2.05, 4.69) is 31.7 Å². The minimum Gasteiger partial charge on any atom is -0.392 e. The summed E-state index contributed by atoms with van der Waals surface area (Å²) in [6.45, 7) is 2.21. The predicted octanol–water partition coefficient (Wildman–Crippen LogP) is 3.24. The van der Waals surface area contributed by atoms with Gasteiger partial charge in [0.2, 0.25) is 0 Å². The third-order valence-electron chi connectivity index (χ3n) is 2.33. The summed E-state index contributed by atoms with van der Waals surface area (Å²) in [6.07, 6.45) is 1.06. The van der Waals surface area contributed by atoms with Crippen LogP contribution in [0.15, 0.2) is 23.1 Å². The number of hydrogen-bond donors (Lipinski definition) is 2. The minimum absolute atomic E-state index is 0.0616. The zero-order valence-corrected chi connectivity index (χ0v) is 9.66. The Morgan fingerprint density at radius 3 is 2.86 bits per heavy atom. The molecule has 0 aliphatic heterocycles. The van der Waals surface area contributed by atoms with Crippen molar-refractivity contribution in [3.63, 3.8) is 0 Å². The highest BCUT2D eigenvalue weighted by Crippen LogP contribution is 2.32. The fraction of sp³-hybridized carbons (Fsp3) is 0.273. The molecule has 1 aromatic heterocycles. The Morgan fingerprint density at radius 2 is 2.21 bits per heavy atom. The van der Waals surface area contributed by atoms with Gasteiger partial charge in [-0.05, 0) is 24.1 Å². The molecule has 0 bridgehead atoms. The molecule has 0 spiro atoms. The summed E-state index contributed by atoms with van der Waals surface area (Å²) in [4.78, 5) is 2.28. The van der Waals surface area contributed by atoms with Crippen molar-refractivity contribution in [2.45, 2.75) is 24.8 Å². The van der Waals surface area contributed by atoms with E-state index < -0.39 is 0 Å². The van der Waals surface area contributed by atoms with E-state index in [9.17, 15) is 0 Å². The van der Waals surface area contributed by atoms with Crippen LogP contribution in [0, 0.1) is 0 Å². The first-order valence-corrected chi connectivity index (χ1v) is 5.86. The van der Waals surface area contributed by atoms with E-state index in [4.69, 9.17) is 5.11 Å². The SMILES string of the molecule is CCc1cc2c(S)c(CO)ccc2s1. The second-order valence-electron chi connectivity index (χ2n) is 3.21. The zero-order chi connectivity index (χ0) is 10.1. The fourth-order valence-electron chi connectivity index (χ4n) is 1.50. The predicted molar refractivity (Wildman–Crippen MR) is 64.4 cm³/mol. The van der Waals surface area contributed by atoms with E-state index in [1.165, 1.54) is 15.0 Å².